The van der Waals surface area contributed by atoms with Crippen LogP contribution in [0.3, 0.4) is 0 Å². The summed E-state index contributed by atoms with van der Waals surface area (Å²) in [6.45, 7) is 1.86. The largest absolute Gasteiger partial charge is 0.496 e. The van der Waals surface area contributed by atoms with E-state index in [-0.39, 0.29) is 5.28 Å². The molecule has 0 aliphatic heterocycles. The molecule has 0 aromatic carbocycles. The van der Waals surface area contributed by atoms with Crippen LogP contribution in [0, 0.1) is 6.92 Å². The molecule has 0 saturated carbocycles. The quantitative estimate of drug-likeness (QED) is 0.751. The van der Waals surface area contributed by atoms with Crippen LogP contribution in [0.15, 0.2) is 24.5 Å². The molecular formula is C11H10ClN3O. The van der Waals surface area contributed by atoms with Crippen LogP contribution in [0.25, 0.3) is 11.3 Å². The van der Waals surface area contributed by atoms with Gasteiger partial charge in [-0.2, -0.15) is 0 Å². The summed E-state index contributed by atoms with van der Waals surface area (Å²) in [5, 5.41) is 0.223. The molecule has 4 nitrogen and oxygen atoms in total. The summed E-state index contributed by atoms with van der Waals surface area (Å²) in [4.78, 5) is 12.2. The van der Waals surface area contributed by atoms with Gasteiger partial charge in [-0.3, -0.25) is 4.98 Å². The first-order valence-electron chi connectivity index (χ1n) is 4.70. The Bertz CT molecular complexity index is 496. The van der Waals surface area contributed by atoms with E-state index in [1.54, 1.807) is 25.6 Å². The van der Waals surface area contributed by atoms with Gasteiger partial charge in [0.05, 0.1) is 18.4 Å². The Hall–Kier alpha value is -1.68. The lowest BCUT2D eigenvalue weighted by Gasteiger charge is -2.07. The van der Waals surface area contributed by atoms with Crippen LogP contribution < -0.4 is 4.74 Å². The van der Waals surface area contributed by atoms with E-state index in [0.717, 1.165) is 11.3 Å². The standard InChI is InChI=1S/C11H10ClN3O/c1-7-5-9(15-11(12)14-7)8-6-13-4-3-10(8)16-2/h3-6H,1-2H3. The lowest BCUT2D eigenvalue weighted by Crippen LogP contribution is -1.94. The first-order valence-corrected chi connectivity index (χ1v) is 5.08. The van der Waals surface area contributed by atoms with Crippen LogP contribution in [0.2, 0.25) is 5.28 Å². The SMILES string of the molecule is COc1ccncc1-c1cc(C)nc(Cl)n1. The molecule has 5 heteroatoms. The Morgan fingerprint density at radius 2 is 2.12 bits per heavy atom. The van der Waals surface area contributed by atoms with Gasteiger partial charge in [-0.25, -0.2) is 9.97 Å². The summed E-state index contributed by atoms with van der Waals surface area (Å²) in [6, 6.07) is 3.62. The van der Waals surface area contributed by atoms with Crippen LogP contribution >= 0.6 is 11.6 Å². The Morgan fingerprint density at radius 1 is 1.31 bits per heavy atom. The van der Waals surface area contributed by atoms with Crippen molar-refractivity contribution in [3.8, 4) is 17.0 Å². The van der Waals surface area contributed by atoms with Gasteiger partial charge in [0.2, 0.25) is 5.28 Å². The van der Waals surface area contributed by atoms with Gasteiger partial charge in [-0.15, -0.1) is 0 Å². The molecular weight excluding hydrogens is 226 g/mol. The number of hydrogen-bond donors (Lipinski definition) is 0. The zero-order chi connectivity index (χ0) is 11.5. The van der Waals surface area contributed by atoms with Crippen molar-refractivity contribution in [2.75, 3.05) is 7.11 Å². The smallest absolute Gasteiger partial charge is 0.223 e. The summed E-state index contributed by atoms with van der Waals surface area (Å²) in [6.07, 6.45) is 3.36. The number of hydrogen-bond acceptors (Lipinski definition) is 4. The number of methoxy groups -OCH3 is 1. The maximum atomic E-state index is 5.81. The summed E-state index contributed by atoms with van der Waals surface area (Å²) >= 11 is 5.81. The van der Waals surface area contributed by atoms with Gasteiger partial charge in [-0.1, -0.05) is 0 Å². The number of pyridine rings is 1. The van der Waals surface area contributed by atoms with E-state index >= 15 is 0 Å². The van der Waals surface area contributed by atoms with Crippen LogP contribution in [-0.4, -0.2) is 22.1 Å². The zero-order valence-corrected chi connectivity index (χ0v) is 9.69. The molecule has 2 aromatic rings. The predicted molar refractivity (Wildman–Crippen MR) is 61.6 cm³/mol. The molecule has 0 unspecified atom stereocenters. The molecule has 16 heavy (non-hydrogen) atoms. The molecule has 0 saturated heterocycles. The van der Waals surface area contributed by atoms with E-state index in [4.69, 9.17) is 16.3 Å². The summed E-state index contributed by atoms with van der Waals surface area (Å²) in [7, 11) is 1.61. The lowest BCUT2D eigenvalue weighted by atomic mass is 10.1. The fourth-order valence-corrected chi connectivity index (χ4v) is 1.65. The fourth-order valence-electron chi connectivity index (χ4n) is 1.42. The van der Waals surface area contributed by atoms with Crippen LogP contribution in [0.4, 0.5) is 0 Å². The van der Waals surface area contributed by atoms with Gasteiger partial charge in [0.15, 0.2) is 0 Å². The van der Waals surface area contributed by atoms with Crippen molar-refractivity contribution in [2.24, 2.45) is 0 Å². The van der Waals surface area contributed by atoms with E-state index in [9.17, 15) is 0 Å². The highest BCUT2D eigenvalue weighted by Gasteiger charge is 2.08. The minimum atomic E-state index is 0.223. The molecule has 0 radical (unpaired) electrons. The van der Waals surface area contributed by atoms with Crippen molar-refractivity contribution in [1.29, 1.82) is 0 Å². The average Bonchev–Trinajstić information content (AvgIpc) is 2.27. The topological polar surface area (TPSA) is 47.9 Å². The van der Waals surface area contributed by atoms with Gasteiger partial charge in [0, 0.05) is 18.1 Å². The molecule has 0 fully saturated rings. The number of nitrogens with zero attached hydrogens (tertiary/aromatic N) is 3. The third-order valence-electron chi connectivity index (χ3n) is 2.10. The predicted octanol–water partition coefficient (Wildman–Crippen LogP) is 2.51. The van der Waals surface area contributed by atoms with E-state index in [2.05, 4.69) is 15.0 Å². The number of rotatable bonds is 2. The normalized spacial score (nSPS) is 10.2. The number of halogens is 1. The van der Waals surface area contributed by atoms with Crippen molar-refractivity contribution in [3.05, 3.63) is 35.5 Å². The van der Waals surface area contributed by atoms with E-state index < -0.39 is 0 Å². The monoisotopic (exact) mass is 235 g/mol. The molecule has 0 aliphatic rings. The summed E-state index contributed by atoms with van der Waals surface area (Å²) in [5.41, 5.74) is 2.32. The Morgan fingerprint density at radius 3 is 2.81 bits per heavy atom. The molecule has 0 bridgehead atoms. The molecule has 0 aliphatic carbocycles. The highest BCUT2D eigenvalue weighted by Crippen LogP contribution is 2.27. The number of aromatic nitrogens is 3. The zero-order valence-electron chi connectivity index (χ0n) is 8.94. The molecule has 0 N–H and O–H groups in total. The maximum absolute atomic E-state index is 5.81. The van der Waals surface area contributed by atoms with Crippen molar-refractivity contribution in [2.45, 2.75) is 6.92 Å². The van der Waals surface area contributed by atoms with Crippen molar-refractivity contribution in [3.63, 3.8) is 0 Å². The molecule has 2 rings (SSSR count). The van der Waals surface area contributed by atoms with E-state index in [1.807, 2.05) is 13.0 Å². The Kier molecular flexibility index (Phi) is 3.01. The van der Waals surface area contributed by atoms with Gasteiger partial charge in [-0.05, 0) is 30.7 Å². The summed E-state index contributed by atoms with van der Waals surface area (Å²) < 4.78 is 5.24. The minimum Gasteiger partial charge on any atom is -0.496 e. The highest BCUT2D eigenvalue weighted by molar-refractivity contribution is 6.28. The van der Waals surface area contributed by atoms with Gasteiger partial charge in [0.1, 0.15) is 5.75 Å². The second-order valence-electron chi connectivity index (χ2n) is 3.24. The van der Waals surface area contributed by atoms with Crippen LogP contribution in [-0.2, 0) is 0 Å². The second kappa shape index (κ2) is 4.45. The second-order valence-corrected chi connectivity index (χ2v) is 3.58. The van der Waals surface area contributed by atoms with Crippen molar-refractivity contribution >= 4 is 11.6 Å². The van der Waals surface area contributed by atoms with Crippen LogP contribution in [0.5, 0.6) is 5.75 Å². The highest BCUT2D eigenvalue weighted by atomic mass is 35.5. The lowest BCUT2D eigenvalue weighted by molar-refractivity contribution is 0.416. The molecule has 82 valence electrons. The average molecular weight is 236 g/mol. The first-order chi connectivity index (χ1) is 7.70. The van der Waals surface area contributed by atoms with E-state index in [1.165, 1.54) is 0 Å². The Labute approximate surface area is 98.3 Å². The number of aryl methyl sites for hydroxylation is 1. The van der Waals surface area contributed by atoms with Gasteiger partial charge >= 0.3 is 0 Å². The molecule has 2 heterocycles. The third kappa shape index (κ3) is 2.12. The molecule has 0 amide bonds. The first kappa shape index (κ1) is 10.8. The number of ether oxygens (including phenoxy) is 1. The van der Waals surface area contributed by atoms with Crippen molar-refractivity contribution < 1.29 is 4.74 Å². The van der Waals surface area contributed by atoms with Crippen molar-refractivity contribution in [1.82, 2.24) is 15.0 Å². The van der Waals surface area contributed by atoms with Gasteiger partial charge in [0.25, 0.3) is 0 Å². The van der Waals surface area contributed by atoms with Gasteiger partial charge < -0.3 is 4.74 Å². The summed E-state index contributed by atoms with van der Waals surface area (Å²) in [5.74, 6) is 0.712. The molecule has 0 atom stereocenters. The van der Waals surface area contributed by atoms with E-state index in [0.29, 0.717) is 11.4 Å². The Balaban J connectivity index is 2.58. The fraction of sp³-hybridized carbons (Fsp3) is 0.182. The van der Waals surface area contributed by atoms with Crippen LogP contribution in [0.1, 0.15) is 5.69 Å². The minimum absolute atomic E-state index is 0.223. The molecule has 2 aromatic heterocycles. The maximum Gasteiger partial charge on any atom is 0.223 e. The molecule has 0 spiro atoms. The third-order valence-corrected chi connectivity index (χ3v) is 2.27.